The van der Waals surface area contributed by atoms with Gasteiger partial charge in [-0.15, -0.1) is 0 Å². The third kappa shape index (κ3) is 4.33. The third-order valence-electron chi connectivity index (χ3n) is 4.35. The lowest BCUT2D eigenvalue weighted by Crippen LogP contribution is -2.43. The van der Waals surface area contributed by atoms with Crippen molar-refractivity contribution in [1.29, 1.82) is 0 Å². The molecule has 1 unspecified atom stereocenters. The highest BCUT2D eigenvalue weighted by atomic mass is 32.2. The molecule has 0 bridgehead atoms. The number of hydrogen-bond acceptors (Lipinski definition) is 4. The van der Waals surface area contributed by atoms with Crippen LogP contribution < -0.4 is 5.73 Å². The van der Waals surface area contributed by atoms with Gasteiger partial charge in [0.05, 0.1) is 5.69 Å². The average Bonchev–Trinajstić information content (AvgIpc) is 2.86. The Kier molecular flexibility index (Phi) is 6.22. The molecule has 0 aromatic carbocycles. The molecule has 132 valence electrons. The minimum atomic E-state index is -3.48. The Hall–Kier alpha value is -0.920. The van der Waals surface area contributed by atoms with E-state index in [2.05, 4.69) is 18.9 Å². The van der Waals surface area contributed by atoms with Gasteiger partial charge in [-0.2, -0.15) is 9.40 Å². The van der Waals surface area contributed by atoms with E-state index in [-0.39, 0.29) is 6.04 Å². The topological polar surface area (TPSA) is 81.2 Å². The number of sulfonamides is 1. The van der Waals surface area contributed by atoms with Gasteiger partial charge in [-0.3, -0.25) is 4.68 Å². The van der Waals surface area contributed by atoms with E-state index in [4.69, 9.17) is 5.73 Å². The lowest BCUT2D eigenvalue weighted by Gasteiger charge is -2.34. The maximum absolute atomic E-state index is 13.1. The highest BCUT2D eigenvalue weighted by Crippen LogP contribution is 2.29. The predicted molar refractivity (Wildman–Crippen MR) is 91.6 cm³/mol. The Morgan fingerprint density at radius 1 is 1.39 bits per heavy atom. The summed E-state index contributed by atoms with van der Waals surface area (Å²) in [6, 6.07) is 0.0742. The Morgan fingerprint density at radius 2 is 2.13 bits per heavy atom. The summed E-state index contributed by atoms with van der Waals surface area (Å²) in [5, 5.41) is 4.39. The molecule has 23 heavy (non-hydrogen) atoms. The monoisotopic (exact) mass is 342 g/mol. The molecule has 1 fully saturated rings. The summed E-state index contributed by atoms with van der Waals surface area (Å²) in [6.45, 7) is 7.91. The van der Waals surface area contributed by atoms with Gasteiger partial charge in [-0.1, -0.05) is 20.3 Å². The first-order chi connectivity index (χ1) is 10.9. The fourth-order valence-electron chi connectivity index (χ4n) is 3.28. The fourth-order valence-corrected chi connectivity index (χ4v) is 5.17. The molecule has 1 aromatic rings. The van der Waals surface area contributed by atoms with E-state index in [1.54, 1.807) is 22.1 Å². The van der Waals surface area contributed by atoms with Crippen LogP contribution in [0.3, 0.4) is 0 Å². The van der Waals surface area contributed by atoms with Crippen LogP contribution in [-0.4, -0.2) is 41.6 Å². The van der Waals surface area contributed by atoms with Gasteiger partial charge in [-0.05, 0) is 45.1 Å². The van der Waals surface area contributed by atoms with Crippen molar-refractivity contribution in [2.45, 2.75) is 70.4 Å². The summed E-state index contributed by atoms with van der Waals surface area (Å²) >= 11 is 0. The van der Waals surface area contributed by atoms with Crippen LogP contribution in [0, 0.1) is 12.8 Å². The Balaban J connectivity index is 2.26. The van der Waals surface area contributed by atoms with Crippen molar-refractivity contribution in [3.8, 4) is 0 Å². The smallest absolute Gasteiger partial charge is 0.246 e. The van der Waals surface area contributed by atoms with Gasteiger partial charge in [0, 0.05) is 25.3 Å². The van der Waals surface area contributed by atoms with Crippen molar-refractivity contribution in [3.63, 3.8) is 0 Å². The zero-order valence-corrected chi connectivity index (χ0v) is 15.3. The van der Waals surface area contributed by atoms with E-state index in [1.807, 2.05) is 0 Å². The molecule has 0 spiro atoms. The molecule has 2 rings (SSSR count). The van der Waals surface area contributed by atoms with E-state index in [0.29, 0.717) is 29.6 Å². The molecule has 1 saturated heterocycles. The molecular formula is C16H30N4O2S. The normalized spacial score (nSPS) is 20.3. The van der Waals surface area contributed by atoms with Crippen LogP contribution >= 0.6 is 0 Å². The van der Waals surface area contributed by atoms with E-state index < -0.39 is 10.0 Å². The Morgan fingerprint density at radius 3 is 2.78 bits per heavy atom. The van der Waals surface area contributed by atoms with Crippen molar-refractivity contribution in [2.75, 3.05) is 13.1 Å². The van der Waals surface area contributed by atoms with Crippen molar-refractivity contribution in [1.82, 2.24) is 14.1 Å². The summed E-state index contributed by atoms with van der Waals surface area (Å²) in [6.07, 6.45) is 6.35. The summed E-state index contributed by atoms with van der Waals surface area (Å²) in [4.78, 5) is 0.359. The van der Waals surface area contributed by atoms with Crippen LogP contribution in [0.2, 0.25) is 0 Å². The molecule has 2 N–H and O–H groups in total. The van der Waals surface area contributed by atoms with E-state index in [9.17, 15) is 8.42 Å². The molecule has 1 aliphatic rings. The summed E-state index contributed by atoms with van der Waals surface area (Å²) in [5.41, 5.74) is 6.20. The second-order valence-electron chi connectivity index (χ2n) is 6.89. The maximum atomic E-state index is 13.1. The van der Waals surface area contributed by atoms with Crippen LogP contribution in [0.5, 0.6) is 0 Å². The van der Waals surface area contributed by atoms with Crippen LogP contribution in [0.1, 0.15) is 51.6 Å². The Bertz CT molecular complexity index is 610. The predicted octanol–water partition coefficient (Wildman–Crippen LogP) is 2.13. The van der Waals surface area contributed by atoms with Crippen molar-refractivity contribution in [2.24, 2.45) is 11.7 Å². The van der Waals surface area contributed by atoms with Gasteiger partial charge < -0.3 is 5.73 Å². The van der Waals surface area contributed by atoms with E-state index in [0.717, 1.165) is 38.6 Å². The van der Waals surface area contributed by atoms with E-state index in [1.165, 1.54) is 0 Å². The first kappa shape index (κ1) is 18.4. The van der Waals surface area contributed by atoms with Crippen molar-refractivity contribution >= 4 is 10.0 Å². The van der Waals surface area contributed by atoms with Gasteiger partial charge >= 0.3 is 0 Å². The van der Waals surface area contributed by atoms with Crippen LogP contribution in [0.15, 0.2) is 11.1 Å². The minimum absolute atomic E-state index is 0.0742. The van der Waals surface area contributed by atoms with Gasteiger partial charge in [0.1, 0.15) is 4.90 Å². The highest BCUT2D eigenvalue weighted by Gasteiger charge is 2.35. The van der Waals surface area contributed by atoms with Gasteiger partial charge in [-0.25, -0.2) is 8.42 Å². The summed E-state index contributed by atoms with van der Waals surface area (Å²) in [7, 11) is -3.48. The molecule has 0 saturated carbocycles. The number of nitrogens with two attached hydrogens (primary N) is 1. The first-order valence-electron chi connectivity index (χ1n) is 8.62. The molecule has 6 nitrogen and oxygen atoms in total. The molecule has 0 aliphatic carbocycles. The zero-order valence-electron chi connectivity index (χ0n) is 14.5. The molecule has 0 radical (unpaired) electrons. The third-order valence-corrected chi connectivity index (χ3v) is 6.41. The molecule has 1 aromatic heterocycles. The average molecular weight is 343 g/mol. The number of nitrogens with zero attached hydrogens (tertiary/aromatic N) is 3. The van der Waals surface area contributed by atoms with Crippen LogP contribution in [0.4, 0.5) is 0 Å². The molecular weight excluding hydrogens is 312 g/mol. The second kappa shape index (κ2) is 7.77. The number of rotatable bonds is 7. The largest absolute Gasteiger partial charge is 0.330 e. The second-order valence-corrected chi connectivity index (χ2v) is 8.75. The lowest BCUT2D eigenvalue weighted by atomic mass is 10.0. The highest BCUT2D eigenvalue weighted by molar-refractivity contribution is 7.89. The van der Waals surface area contributed by atoms with Gasteiger partial charge in [0.25, 0.3) is 0 Å². The Labute approximate surface area is 140 Å². The first-order valence-corrected chi connectivity index (χ1v) is 10.1. The fraction of sp³-hybridized carbons (Fsp3) is 0.812. The lowest BCUT2D eigenvalue weighted by molar-refractivity contribution is 0.238. The number of piperidine rings is 1. The number of aryl methyl sites for hydroxylation is 1. The van der Waals surface area contributed by atoms with Crippen molar-refractivity contribution < 1.29 is 8.42 Å². The number of aromatic nitrogens is 2. The summed E-state index contributed by atoms with van der Waals surface area (Å²) < 4.78 is 29.7. The molecule has 7 heteroatoms. The minimum Gasteiger partial charge on any atom is -0.330 e. The van der Waals surface area contributed by atoms with Crippen LogP contribution in [0.25, 0.3) is 0 Å². The number of hydrogen-bond donors (Lipinski definition) is 1. The van der Waals surface area contributed by atoms with Crippen molar-refractivity contribution in [3.05, 3.63) is 11.9 Å². The zero-order chi connectivity index (χ0) is 17.0. The molecule has 2 heterocycles. The quantitative estimate of drug-likeness (QED) is 0.823. The summed E-state index contributed by atoms with van der Waals surface area (Å²) in [5.74, 6) is 0.428. The molecule has 1 aliphatic heterocycles. The maximum Gasteiger partial charge on any atom is 0.246 e. The van der Waals surface area contributed by atoms with Crippen LogP contribution in [-0.2, 0) is 16.6 Å². The SMILES string of the molecule is Cc1nn(CC(C)C)cc1S(=O)(=O)N1CCCCC1CCCN. The van der Waals surface area contributed by atoms with E-state index >= 15 is 0 Å². The van der Waals surface area contributed by atoms with Gasteiger partial charge in [0.2, 0.25) is 10.0 Å². The standard InChI is InChI=1S/C16H30N4O2S/c1-13(2)11-19-12-16(14(3)18-19)23(21,22)20-10-5-4-7-15(20)8-6-9-17/h12-13,15H,4-11,17H2,1-3H3. The molecule has 1 atom stereocenters. The van der Waals surface area contributed by atoms with Gasteiger partial charge in [0.15, 0.2) is 0 Å². The molecule has 0 amide bonds.